The molecular formula is C14H8FN3O5S. The molecular weight excluding hydrogens is 341 g/mol. The highest BCUT2D eigenvalue weighted by Crippen LogP contribution is 2.40. The molecule has 8 nitrogen and oxygen atoms in total. The quantitative estimate of drug-likeness (QED) is 0.187. The van der Waals surface area contributed by atoms with Gasteiger partial charge in [-0.25, -0.2) is 4.98 Å². The van der Waals surface area contributed by atoms with Gasteiger partial charge in [-0.05, 0) is 12.1 Å². The number of pyridine rings is 1. The van der Waals surface area contributed by atoms with Gasteiger partial charge < -0.3 is 15.4 Å². The Kier molecular flexibility index (Phi) is 3.73. The van der Waals surface area contributed by atoms with Gasteiger partial charge in [-0.3, -0.25) is 10.1 Å². The molecule has 0 saturated heterocycles. The predicted molar refractivity (Wildman–Crippen MR) is 81.9 cm³/mol. The van der Waals surface area contributed by atoms with Crippen LogP contribution in [0, 0.1) is 21.3 Å². The number of hydrogen-bond acceptors (Lipinski definition) is 7. The van der Waals surface area contributed by atoms with Crippen molar-refractivity contribution in [2.75, 3.05) is 0 Å². The fraction of sp³-hybridized carbons (Fsp3) is 0. The first-order valence-corrected chi connectivity index (χ1v) is 7.31. The van der Waals surface area contributed by atoms with Crippen LogP contribution in [0.2, 0.25) is 0 Å². The lowest BCUT2D eigenvalue weighted by molar-refractivity contribution is -0.626. The standard InChI is InChI=1S/C14H8FN3O5S/c15-12-3-1-2-9(17(12)21)14-16-8(6-24-14)7-4-10(18(22)23)13(20)11(19)5-7/h1-6,19-20H. The molecule has 0 aliphatic rings. The van der Waals surface area contributed by atoms with Gasteiger partial charge in [0.15, 0.2) is 10.8 Å². The van der Waals surface area contributed by atoms with E-state index in [9.17, 15) is 29.9 Å². The molecule has 0 atom stereocenters. The highest BCUT2D eigenvalue weighted by Gasteiger charge is 2.22. The number of nitro benzene ring substituents is 1. The summed E-state index contributed by atoms with van der Waals surface area (Å²) in [5, 5.41) is 43.4. The van der Waals surface area contributed by atoms with Crippen LogP contribution in [-0.4, -0.2) is 20.1 Å². The first-order valence-electron chi connectivity index (χ1n) is 6.43. The molecule has 0 bridgehead atoms. The van der Waals surface area contributed by atoms with Crippen molar-refractivity contribution in [3.63, 3.8) is 0 Å². The molecule has 0 spiro atoms. The van der Waals surface area contributed by atoms with Gasteiger partial charge in [0.1, 0.15) is 0 Å². The maximum Gasteiger partial charge on any atom is 0.371 e. The Labute approximate surface area is 137 Å². The van der Waals surface area contributed by atoms with Gasteiger partial charge in [0.05, 0.1) is 10.6 Å². The molecule has 3 aromatic rings. The molecule has 2 aromatic heterocycles. The summed E-state index contributed by atoms with van der Waals surface area (Å²) in [5.41, 5.74) is -0.279. The third-order valence-electron chi connectivity index (χ3n) is 3.19. The van der Waals surface area contributed by atoms with Crippen molar-refractivity contribution in [1.82, 2.24) is 4.98 Å². The molecule has 0 aliphatic carbocycles. The van der Waals surface area contributed by atoms with Crippen LogP contribution in [0.25, 0.3) is 22.0 Å². The first kappa shape index (κ1) is 15.6. The van der Waals surface area contributed by atoms with Gasteiger partial charge in [0.2, 0.25) is 5.75 Å². The van der Waals surface area contributed by atoms with E-state index in [-0.39, 0.29) is 26.7 Å². The maximum absolute atomic E-state index is 13.3. The third kappa shape index (κ3) is 2.58. The molecule has 1 aromatic carbocycles. The minimum absolute atomic E-state index is 0.0104. The van der Waals surface area contributed by atoms with Crippen molar-refractivity contribution >= 4 is 17.0 Å². The van der Waals surface area contributed by atoms with E-state index >= 15 is 0 Å². The number of rotatable bonds is 3. The number of halogens is 1. The molecule has 0 fully saturated rings. The molecule has 0 amide bonds. The van der Waals surface area contributed by atoms with Crippen LogP contribution >= 0.6 is 11.3 Å². The summed E-state index contributed by atoms with van der Waals surface area (Å²) < 4.78 is 13.4. The average molecular weight is 349 g/mol. The van der Waals surface area contributed by atoms with E-state index in [1.165, 1.54) is 17.5 Å². The van der Waals surface area contributed by atoms with E-state index in [1.54, 1.807) is 0 Å². The van der Waals surface area contributed by atoms with Crippen molar-refractivity contribution in [2.24, 2.45) is 0 Å². The zero-order chi connectivity index (χ0) is 17.4. The largest absolute Gasteiger partial charge is 0.616 e. The molecule has 122 valence electrons. The van der Waals surface area contributed by atoms with Crippen molar-refractivity contribution in [1.29, 1.82) is 0 Å². The van der Waals surface area contributed by atoms with Crippen LogP contribution in [0.3, 0.4) is 0 Å². The van der Waals surface area contributed by atoms with Gasteiger partial charge in [-0.2, -0.15) is 0 Å². The monoisotopic (exact) mass is 349 g/mol. The number of aromatic nitrogens is 2. The van der Waals surface area contributed by atoms with Gasteiger partial charge in [0, 0.05) is 29.1 Å². The number of benzene rings is 1. The Morgan fingerprint density at radius 3 is 2.75 bits per heavy atom. The average Bonchev–Trinajstić information content (AvgIpc) is 3.02. The molecule has 0 radical (unpaired) electrons. The summed E-state index contributed by atoms with van der Waals surface area (Å²) in [4.78, 5) is 14.2. The van der Waals surface area contributed by atoms with Crippen LogP contribution < -0.4 is 4.73 Å². The normalized spacial score (nSPS) is 10.7. The highest BCUT2D eigenvalue weighted by atomic mass is 32.1. The Hall–Kier alpha value is -3.27. The smallest absolute Gasteiger partial charge is 0.371 e. The Balaban J connectivity index is 2.09. The molecule has 2 N–H and O–H groups in total. The summed E-state index contributed by atoms with van der Waals surface area (Å²) in [5.74, 6) is -2.50. The number of hydrogen-bond donors (Lipinski definition) is 2. The number of phenolic OH excluding ortho intramolecular Hbond substituents is 2. The van der Waals surface area contributed by atoms with Gasteiger partial charge >= 0.3 is 11.6 Å². The Bertz CT molecular complexity index is 960. The zero-order valence-corrected chi connectivity index (χ0v) is 12.5. The van der Waals surface area contributed by atoms with Crippen molar-refractivity contribution in [3.8, 4) is 33.5 Å². The molecule has 0 saturated carbocycles. The molecule has 10 heteroatoms. The number of nitro groups is 1. The summed E-state index contributed by atoms with van der Waals surface area (Å²) in [6, 6.07) is 5.90. The molecule has 3 rings (SSSR count). The van der Waals surface area contributed by atoms with Crippen molar-refractivity contribution in [3.05, 3.63) is 57.0 Å². The second-order valence-corrected chi connectivity index (χ2v) is 5.54. The lowest BCUT2D eigenvalue weighted by Gasteiger charge is -2.03. The summed E-state index contributed by atoms with van der Waals surface area (Å²) in [6.45, 7) is 0. The maximum atomic E-state index is 13.3. The van der Waals surface area contributed by atoms with E-state index in [2.05, 4.69) is 4.98 Å². The molecule has 0 unspecified atom stereocenters. The number of phenols is 2. The lowest BCUT2D eigenvalue weighted by Crippen LogP contribution is -2.33. The van der Waals surface area contributed by atoms with Gasteiger partial charge in [-0.15, -0.1) is 20.5 Å². The minimum atomic E-state index is -0.984. The molecule has 0 aliphatic heterocycles. The predicted octanol–water partition coefficient (Wildman–Crippen LogP) is 2.57. The Morgan fingerprint density at radius 2 is 2.04 bits per heavy atom. The van der Waals surface area contributed by atoms with Crippen molar-refractivity contribution < 1.29 is 24.3 Å². The zero-order valence-electron chi connectivity index (χ0n) is 11.7. The minimum Gasteiger partial charge on any atom is -0.616 e. The van der Waals surface area contributed by atoms with E-state index in [0.717, 1.165) is 29.5 Å². The van der Waals surface area contributed by atoms with Crippen LogP contribution in [0.15, 0.2) is 35.7 Å². The van der Waals surface area contributed by atoms with Gasteiger partial charge in [0.25, 0.3) is 5.69 Å². The number of nitrogens with zero attached hydrogens (tertiary/aromatic N) is 3. The Morgan fingerprint density at radius 1 is 1.29 bits per heavy atom. The second kappa shape index (κ2) is 5.74. The molecule has 24 heavy (non-hydrogen) atoms. The number of thiazole rings is 1. The number of aromatic hydroxyl groups is 2. The van der Waals surface area contributed by atoms with Crippen molar-refractivity contribution in [2.45, 2.75) is 0 Å². The third-order valence-corrected chi connectivity index (χ3v) is 4.05. The highest BCUT2D eigenvalue weighted by molar-refractivity contribution is 7.13. The van der Waals surface area contributed by atoms with E-state index < -0.39 is 28.1 Å². The van der Waals surface area contributed by atoms with Crippen LogP contribution in [0.1, 0.15) is 0 Å². The fourth-order valence-electron chi connectivity index (χ4n) is 2.04. The topological polar surface area (TPSA) is 123 Å². The fourth-order valence-corrected chi connectivity index (χ4v) is 2.88. The van der Waals surface area contributed by atoms with Gasteiger partial charge in [-0.1, -0.05) is 0 Å². The summed E-state index contributed by atoms with van der Waals surface area (Å²) in [7, 11) is 0. The summed E-state index contributed by atoms with van der Waals surface area (Å²) in [6.07, 6.45) is 0. The van der Waals surface area contributed by atoms with Crippen LogP contribution in [-0.2, 0) is 0 Å². The summed E-state index contributed by atoms with van der Waals surface area (Å²) >= 11 is 1.03. The first-order chi connectivity index (χ1) is 11.4. The van der Waals surface area contributed by atoms with Crippen LogP contribution in [0.4, 0.5) is 10.1 Å². The van der Waals surface area contributed by atoms with Crippen LogP contribution in [0.5, 0.6) is 11.5 Å². The lowest BCUT2D eigenvalue weighted by atomic mass is 10.1. The second-order valence-electron chi connectivity index (χ2n) is 4.69. The van der Waals surface area contributed by atoms with E-state index in [1.807, 2.05) is 0 Å². The van der Waals surface area contributed by atoms with E-state index in [4.69, 9.17) is 0 Å². The molecule has 2 heterocycles. The SMILES string of the molecule is O=[N+]([O-])c1cc(-c2csc(-c3cccc(F)[n+]3[O-])n2)cc(O)c1O. The van der Waals surface area contributed by atoms with E-state index in [0.29, 0.717) is 0 Å².